The summed E-state index contributed by atoms with van der Waals surface area (Å²) in [6, 6.07) is 11.3. The third-order valence-electron chi connectivity index (χ3n) is 8.34. The van der Waals surface area contributed by atoms with Gasteiger partial charge in [0.15, 0.2) is 0 Å². The van der Waals surface area contributed by atoms with Gasteiger partial charge in [0, 0.05) is 42.7 Å². The predicted molar refractivity (Wildman–Crippen MR) is 137 cm³/mol. The van der Waals surface area contributed by atoms with Gasteiger partial charge in [0.05, 0.1) is 23.7 Å². The van der Waals surface area contributed by atoms with Gasteiger partial charge in [-0.2, -0.15) is 5.10 Å². The number of carbonyl (C=O) groups excluding carboxylic acids is 3. The molecule has 0 aliphatic carbocycles. The van der Waals surface area contributed by atoms with E-state index in [9.17, 15) is 18.8 Å². The first-order valence-electron chi connectivity index (χ1n) is 12.8. The zero-order valence-corrected chi connectivity index (χ0v) is 21.1. The van der Waals surface area contributed by atoms with Crippen molar-refractivity contribution < 1.29 is 18.8 Å². The number of aromatic amines is 1. The summed E-state index contributed by atoms with van der Waals surface area (Å²) in [5, 5.41) is 7.79. The molecule has 3 aromatic rings. The van der Waals surface area contributed by atoms with Crippen LogP contribution in [0.2, 0.25) is 0 Å². The monoisotopic (exact) mass is 503 g/mol. The molecular weight excluding hydrogens is 473 g/mol. The Labute approximate surface area is 214 Å². The zero-order valence-electron chi connectivity index (χ0n) is 21.1. The van der Waals surface area contributed by atoms with E-state index in [1.165, 1.54) is 11.8 Å². The average molecular weight is 504 g/mol. The van der Waals surface area contributed by atoms with Crippen molar-refractivity contribution in [1.29, 1.82) is 0 Å². The first-order valence-corrected chi connectivity index (χ1v) is 12.8. The van der Waals surface area contributed by atoms with Crippen molar-refractivity contribution in [2.24, 2.45) is 0 Å². The number of H-pyrrole nitrogens is 1. The van der Waals surface area contributed by atoms with Crippen molar-refractivity contribution in [1.82, 2.24) is 20.0 Å². The maximum atomic E-state index is 14.4. The number of aryl methyl sites for hydroxylation is 1. The Balaban J connectivity index is 1.23. The highest BCUT2D eigenvalue weighted by molar-refractivity contribution is 6.11. The zero-order chi connectivity index (χ0) is 25.9. The molecule has 3 amide bonds. The second-order valence-electron chi connectivity index (χ2n) is 10.9. The van der Waals surface area contributed by atoms with E-state index in [-0.39, 0.29) is 30.8 Å². The van der Waals surface area contributed by atoms with Crippen LogP contribution >= 0.6 is 0 Å². The molecule has 2 aromatic carbocycles. The van der Waals surface area contributed by atoms with E-state index in [1.54, 1.807) is 22.1 Å². The van der Waals surface area contributed by atoms with Gasteiger partial charge in [-0.25, -0.2) is 4.39 Å². The molecule has 6 rings (SSSR count). The van der Waals surface area contributed by atoms with Crippen LogP contribution in [-0.4, -0.2) is 76.1 Å². The largest absolute Gasteiger partial charge is 0.339 e. The number of aromatic nitrogens is 2. The number of hydrogen-bond acceptors (Lipinski definition) is 4. The summed E-state index contributed by atoms with van der Waals surface area (Å²) in [4.78, 5) is 45.3. The molecule has 1 atom stereocenters. The minimum absolute atomic E-state index is 0.0569. The quantitative estimate of drug-likeness (QED) is 0.594. The van der Waals surface area contributed by atoms with Gasteiger partial charge in [0.1, 0.15) is 12.2 Å². The lowest BCUT2D eigenvalue weighted by Gasteiger charge is -2.39. The highest BCUT2D eigenvalue weighted by Gasteiger charge is 2.53. The fraction of sp³-hybridized carbons (Fsp3) is 0.429. The molecule has 37 heavy (non-hydrogen) atoms. The van der Waals surface area contributed by atoms with Crippen molar-refractivity contribution in [2.75, 3.05) is 37.6 Å². The van der Waals surface area contributed by atoms with Gasteiger partial charge in [-0.05, 0) is 62.1 Å². The number of anilines is 1. The lowest BCUT2D eigenvalue weighted by Crippen LogP contribution is -2.51. The summed E-state index contributed by atoms with van der Waals surface area (Å²) in [6.45, 7) is 4.71. The first kappa shape index (κ1) is 23.6. The number of benzene rings is 2. The Morgan fingerprint density at radius 3 is 2.57 bits per heavy atom. The third-order valence-corrected chi connectivity index (χ3v) is 8.34. The van der Waals surface area contributed by atoms with Crippen LogP contribution in [0.15, 0.2) is 42.6 Å². The van der Waals surface area contributed by atoms with Crippen molar-refractivity contribution in [2.45, 2.75) is 44.2 Å². The Bertz CT molecular complexity index is 1420. The summed E-state index contributed by atoms with van der Waals surface area (Å²) in [5.74, 6) is -0.399. The number of nitrogens with zero attached hydrogens (tertiary/aromatic N) is 4. The molecule has 2 fully saturated rings. The Morgan fingerprint density at radius 1 is 1.08 bits per heavy atom. The standard InChI is InChI=1S/C28H30FN5O3/c1-18-4-3-5-22-24(18)28(26(37)34(22)16-23(35)33-11-8-27(2,29)17-33)9-12-32(13-10-28)25(36)19-6-7-21-20(14-19)15-30-31-21/h3-7,14-15H,8-13,16-17H2,1-2H3,(H,30,31). The van der Waals surface area contributed by atoms with Crippen molar-refractivity contribution in [3.05, 3.63) is 59.3 Å². The lowest BCUT2D eigenvalue weighted by molar-refractivity contribution is -0.132. The predicted octanol–water partition coefficient (Wildman–Crippen LogP) is 3.35. The van der Waals surface area contributed by atoms with Crippen molar-refractivity contribution >= 4 is 34.3 Å². The van der Waals surface area contributed by atoms with E-state index in [1.807, 2.05) is 37.3 Å². The molecule has 1 N–H and O–H groups in total. The molecule has 0 saturated carbocycles. The van der Waals surface area contributed by atoms with Crippen LogP contribution in [0.3, 0.4) is 0 Å². The molecule has 3 aliphatic heterocycles. The van der Waals surface area contributed by atoms with Gasteiger partial charge >= 0.3 is 0 Å². The number of likely N-dealkylation sites (tertiary alicyclic amines) is 2. The maximum absolute atomic E-state index is 14.4. The number of fused-ring (bicyclic) bond motifs is 3. The summed E-state index contributed by atoms with van der Waals surface area (Å²) in [6.07, 6.45) is 2.98. The highest BCUT2D eigenvalue weighted by atomic mass is 19.1. The number of piperidine rings is 1. The van der Waals surface area contributed by atoms with E-state index in [0.29, 0.717) is 44.5 Å². The third kappa shape index (κ3) is 3.79. The molecule has 192 valence electrons. The van der Waals surface area contributed by atoms with Gasteiger partial charge in [0.25, 0.3) is 5.91 Å². The SMILES string of the molecule is Cc1cccc2c1C1(CCN(C(=O)c3ccc4[nH]ncc4c3)CC1)C(=O)N2CC(=O)N1CCC(C)(F)C1. The number of halogens is 1. The first-order chi connectivity index (χ1) is 17.7. The molecule has 9 heteroatoms. The van der Waals surface area contributed by atoms with Crippen LogP contribution < -0.4 is 4.90 Å². The summed E-state index contributed by atoms with van der Waals surface area (Å²) < 4.78 is 14.4. The molecule has 1 spiro atoms. The van der Waals surface area contributed by atoms with Crippen LogP contribution in [0.4, 0.5) is 10.1 Å². The molecule has 0 radical (unpaired) electrons. The number of carbonyl (C=O) groups is 3. The summed E-state index contributed by atoms with van der Waals surface area (Å²) >= 11 is 0. The minimum atomic E-state index is -1.39. The van der Waals surface area contributed by atoms with E-state index >= 15 is 0 Å². The Kier molecular flexibility index (Phi) is 5.36. The van der Waals surface area contributed by atoms with Crippen LogP contribution in [0.1, 0.15) is 47.7 Å². The van der Waals surface area contributed by atoms with Gasteiger partial charge in [-0.1, -0.05) is 12.1 Å². The molecule has 0 bridgehead atoms. The highest BCUT2D eigenvalue weighted by Crippen LogP contribution is 2.49. The molecule has 4 heterocycles. The van der Waals surface area contributed by atoms with E-state index in [2.05, 4.69) is 10.2 Å². The van der Waals surface area contributed by atoms with Crippen molar-refractivity contribution in [3.8, 4) is 0 Å². The fourth-order valence-electron chi connectivity index (χ4n) is 6.32. The number of rotatable bonds is 3. The second-order valence-corrected chi connectivity index (χ2v) is 10.9. The van der Waals surface area contributed by atoms with Crippen molar-refractivity contribution in [3.63, 3.8) is 0 Å². The maximum Gasteiger partial charge on any atom is 0.253 e. The smallest absolute Gasteiger partial charge is 0.253 e. The van der Waals surface area contributed by atoms with Crippen LogP contribution in [-0.2, 0) is 15.0 Å². The fourth-order valence-corrected chi connectivity index (χ4v) is 6.32. The Hall–Kier alpha value is -3.75. The molecule has 1 aromatic heterocycles. The number of alkyl halides is 1. The number of nitrogens with one attached hydrogen (secondary N) is 1. The Morgan fingerprint density at radius 2 is 1.84 bits per heavy atom. The van der Waals surface area contributed by atoms with E-state index < -0.39 is 11.1 Å². The van der Waals surface area contributed by atoms with Gasteiger partial charge in [-0.3, -0.25) is 19.5 Å². The molecule has 1 unspecified atom stereocenters. The molecule has 3 aliphatic rings. The average Bonchev–Trinajstić information content (AvgIpc) is 3.56. The van der Waals surface area contributed by atoms with Crippen LogP contribution in [0.25, 0.3) is 10.9 Å². The lowest BCUT2D eigenvalue weighted by atomic mass is 9.72. The number of hydrogen-bond donors (Lipinski definition) is 1. The van der Waals surface area contributed by atoms with E-state index in [0.717, 1.165) is 27.7 Å². The molecule has 2 saturated heterocycles. The van der Waals surface area contributed by atoms with Gasteiger partial charge in [0.2, 0.25) is 11.8 Å². The second kappa shape index (κ2) is 8.39. The topological polar surface area (TPSA) is 89.6 Å². The minimum Gasteiger partial charge on any atom is -0.339 e. The normalized spacial score (nSPS) is 22.8. The summed E-state index contributed by atoms with van der Waals surface area (Å²) in [5.41, 5.74) is 2.02. The molecular formula is C28H30FN5O3. The summed E-state index contributed by atoms with van der Waals surface area (Å²) in [7, 11) is 0. The van der Waals surface area contributed by atoms with Gasteiger partial charge in [-0.15, -0.1) is 0 Å². The molecule has 8 nitrogen and oxygen atoms in total. The van der Waals surface area contributed by atoms with E-state index in [4.69, 9.17) is 0 Å². The van der Waals surface area contributed by atoms with Crippen LogP contribution in [0.5, 0.6) is 0 Å². The number of amides is 3. The van der Waals surface area contributed by atoms with Gasteiger partial charge < -0.3 is 14.7 Å². The van der Waals surface area contributed by atoms with Crippen LogP contribution in [0, 0.1) is 6.92 Å².